The van der Waals surface area contributed by atoms with E-state index in [1.165, 1.54) is 19.1 Å². The van der Waals surface area contributed by atoms with E-state index in [1.807, 2.05) is 65.0 Å². The number of benzene rings is 2. The first kappa shape index (κ1) is 83.6. The third-order valence-electron chi connectivity index (χ3n) is 19.8. The molecule has 2 aliphatic rings. The van der Waals surface area contributed by atoms with Gasteiger partial charge in [0.15, 0.2) is 11.6 Å². The number of unbranched alkanes of at least 4 members (excludes halogenated alkanes) is 2. The number of ether oxygens (including phenoxy) is 3. The highest BCUT2D eigenvalue weighted by Gasteiger charge is 2.46. The van der Waals surface area contributed by atoms with Crippen LogP contribution in [0.25, 0.3) is 0 Å². The zero-order valence-electron chi connectivity index (χ0n) is 60.5. The van der Waals surface area contributed by atoms with Crippen LogP contribution in [0.15, 0.2) is 54.6 Å². The number of Topliss-reactive ketones (excluding diaryl/α,β-unsaturated/α-hetero) is 3. The molecule has 14 atom stereocenters. The lowest BCUT2D eigenvalue weighted by Crippen LogP contribution is -2.54. The van der Waals surface area contributed by atoms with Gasteiger partial charge in [-0.1, -0.05) is 138 Å². The Hall–Kier alpha value is -6.83. The number of nitrogens with one attached hydrogen (secondary N) is 3. The predicted molar refractivity (Wildman–Crippen MR) is 366 cm³/mol. The second-order valence-corrected chi connectivity index (χ2v) is 28.3. The fourth-order valence-corrected chi connectivity index (χ4v) is 13.8. The number of halogens is 3. The van der Waals surface area contributed by atoms with Crippen molar-refractivity contribution in [2.24, 2.45) is 59.0 Å². The number of likely N-dealkylation sites (tertiary alicyclic amines) is 2. The minimum absolute atomic E-state index is 0.0601. The molecule has 2 aromatic carbocycles. The summed E-state index contributed by atoms with van der Waals surface area (Å²) in [5, 5.41) is 18.8. The maximum atomic E-state index is 14.9. The molecular formula is C73H113F3N8O14. The molecule has 2 fully saturated rings. The molecule has 6 N–H and O–H groups in total. The number of ketones is 3. The van der Waals surface area contributed by atoms with Crippen molar-refractivity contribution in [2.75, 3.05) is 53.3 Å². The number of hydrogen-bond acceptors (Lipinski definition) is 15. The molecule has 0 spiro atoms. The van der Waals surface area contributed by atoms with Crippen LogP contribution in [0.5, 0.6) is 0 Å². The third kappa shape index (κ3) is 24.2. The number of aliphatic hydroxyl groups excluding tert-OH is 1. The monoisotopic (exact) mass is 1380 g/mol. The number of hydrogen-bond donors (Lipinski definition) is 5. The topological polar surface area (TPSA) is 294 Å². The van der Waals surface area contributed by atoms with Crippen LogP contribution in [0.4, 0.5) is 28.4 Å². The number of primary amides is 1. The first-order valence-electron chi connectivity index (χ1n) is 35.0. The van der Waals surface area contributed by atoms with Gasteiger partial charge in [-0.25, -0.2) is 9.59 Å². The molecule has 0 aromatic heterocycles. The summed E-state index contributed by atoms with van der Waals surface area (Å²) in [6, 6.07) is 9.31. The molecule has 4 rings (SSSR count). The average Bonchev–Trinajstić information content (AvgIpc) is 1.75. The first-order chi connectivity index (χ1) is 46.1. The highest BCUT2D eigenvalue weighted by atomic mass is 19.4. The number of methoxy groups -OCH3 is 2. The zero-order chi connectivity index (χ0) is 73.5. The Morgan fingerprint density at radius 2 is 1.41 bits per heavy atom. The van der Waals surface area contributed by atoms with Crippen LogP contribution < -0.4 is 21.7 Å². The Labute approximate surface area is 578 Å². The van der Waals surface area contributed by atoms with Crippen molar-refractivity contribution in [3.05, 3.63) is 65.7 Å². The van der Waals surface area contributed by atoms with Gasteiger partial charge in [-0.15, -0.1) is 0 Å². The van der Waals surface area contributed by atoms with E-state index in [1.54, 1.807) is 89.8 Å². The zero-order valence-corrected chi connectivity index (χ0v) is 60.5. The van der Waals surface area contributed by atoms with Gasteiger partial charge in [-0.05, 0) is 91.4 Å². The van der Waals surface area contributed by atoms with E-state index in [2.05, 4.69) is 16.0 Å². The molecule has 25 heteroatoms. The Balaban J connectivity index is 1.40. The number of nitrogens with two attached hydrogens (primary N) is 1. The van der Waals surface area contributed by atoms with E-state index in [0.717, 1.165) is 10.5 Å². The molecule has 2 unspecified atom stereocenters. The molecule has 2 saturated heterocycles. The molecular weight excluding hydrogens is 1270 g/mol. The average molecular weight is 1380 g/mol. The van der Waals surface area contributed by atoms with Crippen molar-refractivity contribution in [2.45, 2.75) is 227 Å². The summed E-state index contributed by atoms with van der Waals surface area (Å²) in [6.07, 6.45) is -5.65. The van der Waals surface area contributed by atoms with E-state index < -0.39 is 120 Å². The summed E-state index contributed by atoms with van der Waals surface area (Å²) >= 11 is 0. The molecule has 2 aliphatic heterocycles. The maximum Gasteiger partial charge on any atom is 0.410 e. The SMILES string of the molecule is CC[C@H](C)[C@@H]([C@@H](CC(=O)N1CCC[C@H]1[C@H](OC)[C@@H](C)C(=O)C[C@H](C)[C@@H](O)c1ccccc1)OC)N(C)C(=O)[C@@H](CC(=O)[C@H](C(C)C)N(C)C(=O)OCc1ccc(NC(=O)[C@H](CCCNC(N)=O)CC(=O)[C@@H](NC(CCCCCN2C(=O)CC(C)C2=O)C(F)(F)F)C(C)C)cc1)C(C)C. The molecule has 98 heavy (non-hydrogen) atoms. The number of nitrogens with zero attached hydrogens (tertiary/aromatic N) is 4. The van der Waals surface area contributed by atoms with Crippen molar-refractivity contribution in [3.8, 4) is 0 Å². The number of carbonyl (C=O) groups excluding carboxylic acids is 10. The van der Waals surface area contributed by atoms with Crippen LogP contribution in [0, 0.1) is 53.3 Å². The highest BCUT2D eigenvalue weighted by molar-refractivity contribution is 6.03. The van der Waals surface area contributed by atoms with Crippen LogP contribution in [0.1, 0.15) is 183 Å². The number of likely N-dealkylation sites (N-methyl/N-ethyl adjacent to an activating group) is 2. The first-order valence-corrected chi connectivity index (χ1v) is 35.0. The standard InChI is InChI=1S/C73H113F3N8O14/c1-16-46(8)65(59(96-14)41-62(89)83-36-24-28-55(83)67(97-15)49(11)56(85)37-47(9)66(90)51-25-19-17-20-26-51)81(12)70(93)54(43(2)3)40-58(87)64(45(6)7)82(13)72(95)98-42-50-30-32-53(33-31-50)79-68(91)52(27-23-34-78-71(77)94)39-57(86)63(44(4)5)80-60(73(74,75)76)29-21-18-22-35-84-61(88)38-48(10)69(84)92/h17,19-20,25-26,30-33,43-49,52,54-55,59-60,63-67,80,90H,16,18,21-24,27-29,34-42H2,1-15H3,(H,79,91)(H3,77,78,94)/t46-,47-,48?,49-,52+,54-,55-,59+,60?,63-,64-,65-,66+,67+/m0/s1. The summed E-state index contributed by atoms with van der Waals surface area (Å²) in [6.45, 7) is 20.1. The van der Waals surface area contributed by atoms with Crippen LogP contribution in [0.2, 0.25) is 0 Å². The summed E-state index contributed by atoms with van der Waals surface area (Å²) in [5.41, 5.74) is 6.76. The van der Waals surface area contributed by atoms with Gasteiger partial charge in [0.25, 0.3) is 0 Å². The quantitative estimate of drug-likeness (QED) is 0.0305. The Morgan fingerprint density at radius 1 is 0.755 bits per heavy atom. The maximum absolute atomic E-state index is 14.9. The lowest BCUT2D eigenvalue weighted by Gasteiger charge is -2.41. The molecule has 22 nitrogen and oxygen atoms in total. The number of alkyl halides is 3. The second kappa shape index (κ2) is 39.8. The van der Waals surface area contributed by atoms with Gasteiger partial charge in [0.2, 0.25) is 29.5 Å². The summed E-state index contributed by atoms with van der Waals surface area (Å²) in [5.74, 6) is -7.54. The fourth-order valence-electron chi connectivity index (χ4n) is 13.8. The lowest BCUT2D eigenvalue weighted by molar-refractivity contribution is -0.161. The van der Waals surface area contributed by atoms with E-state index in [-0.39, 0.29) is 124 Å². The van der Waals surface area contributed by atoms with Gasteiger partial charge >= 0.3 is 18.3 Å². The molecule has 2 aromatic rings. The normalized spacial score (nSPS) is 18.8. The van der Waals surface area contributed by atoms with Crippen LogP contribution in [-0.2, 0) is 59.2 Å². The number of anilines is 1. The second-order valence-electron chi connectivity index (χ2n) is 28.3. The number of aliphatic hydroxyl groups is 1. The molecule has 0 bridgehead atoms. The minimum Gasteiger partial charge on any atom is -0.445 e. The van der Waals surface area contributed by atoms with Crippen LogP contribution in [-0.4, -0.2) is 180 Å². The molecule has 8 amide bonds. The molecule has 0 aliphatic carbocycles. The van der Waals surface area contributed by atoms with Gasteiger partial charge in [-0.2, -0.15) is 13.2 Å². The fraction of sp³-hybridized carbons (Fsp3) is 0.699. The van der Waals surface area contributed by atoms with Crippen molar-refractivity contribution in [1.29, 1.82) is 0 Å². The summed E-state index contributed by atoms with van der Waals surface area (Å²) < 4.78 is 61.4. The van der Waals surface area contributed by atoms with Crippen LogP contribution >= 0.6 is 0 Å². The number of imide groups is 1. The number of urea groups is 1. The molecule has 550 valence electrons. The third-order valence-corrected chi connectivity index (χ3v) is 19.8. The number of rotatable bonds is 42. The van der Waals surface area contributed by atoms with E-state index in [9.17, 15) is 66.2 Å². The molecule has 0 radical (unpaired) electrons. The van der Waals surface area contributed by atoms with Gasteiger partial charge in [-0.3, -0.25) is 48.6 Å². The van der Waals surface area contributed by atoms with E-state index in [4.69, 9.17) is 19.9 Å². The Morgan fingerprint density at radius 3 is 1.96 bits per heavy atom. The van der Waals surface area contributed by atoms with Crippen molar-refractivity contribution >= 4 is 64.7 Å². The van der Waals surface area contributed by atoms with Gasteiger partial charge in [0, 0.05) is 103 Å². The van der Waals surface area contributed by atoms with E-state index >= 15 is 0 Å². The Kier molecular flexibility index (Phi) is 34.0. The predicted octanol–water partition coefficient (Wildman–Crippen LogP) is 10.2. The minimum atomic E-state index is -4.73. The molecule has 2 heterocycles. The van der Waals surface area contributed by atoms with Crippen LogP contribution in [0.3, 0.4) is 0 Å². The smallest absolute Gasteiger partial charge is 0.410 e. The van der Waals surface area contributed by atoms with E-state index in [0.29, 0.717) is 49.9 Å². The van der Waals surface area contributed by atoms with Crippen molar-refractivity contribution in [3.63, 3.8) is 0 Å². The van der Waals surface area contributed by atoms with Crippen molar-refractivity contribution in [1.82, 2.24) is 30.2 Å². The summed E-state index contributed by atoms with van der Waals surface area (Å²) in [7, 11) is 6.17. The highest BCUT2D eigenvalue weighted by Crippen LogP contribution is 2.34. The van der Waals surface area contributed by atoms with Crippen molar-refractivity contribution < 1.29 is 80.4 Å². The van der Waals surface area contributed by atoms with Gasteiger partial charge in [0.05, 0.1) is 48.9 Å². The van der Waals surface area contributed by atoms with Gasteiger partial charge < -0.3 is 50.4 Å². The Bertz CT molecular complexity index is 2940. The molecule has 0 saturated carbocycles. The largest absolute Gasteiger partial charge is 0.445 e. The number of amides is 8. The number of carbonyl (C=O) groups is 10. The lowest BCUT2D eigenvalue weighted by atomic mass is 9.83. The van der Waals surface area contributed by atoms with Gasteiger partial charge in [0.1, 0.15) is 18.4 Å². The summed E-state index contributed by atoms with van der Waals surface area (Å²) in [4.78, 5) is 141.